The number of non-ortho nitro benzene ring substituents is 1. The molecule has 1 aromatic heterocycles. The Labute approximate surface area is 204 Å². The summed E-state index contributed by atoms with van der Waals surface area (Å²) in [5.74, 6) is -1.24. The van der Waals surface area contributed by atoms with Gasteiger partial charge in [-0.15, -0.1) is 0 Å². The van der Waals surface area contributed by atoms with Gasteiger partial charge in [-0.2, -0.15) is 13.2 Å². The lowest BCUT2D eigenvalue weighted by Gasteiger charge is -2.08. The van der Waals surface area contributed by atoms with E-state index in [1.165, 1.54) is 12.1 Å². The van der Waals surface area contributed by atoms with E-state index >= 15 is 0 Å². The zero-order valence-corrected chi connectivity index (χ0v) is 19.3. The second kappa shape index (κ2) is 9.20. The molecule has 0 saturated heterocycles. The van der Waals surface area contributed by atoms with Crippen LogP contribution in [0.5, 0.6) is 5.75 Å². The van der Waals surface area contributed by atoms with E-state index in [-0.39, 0.29) is 26.8 Å². The Morgan fingerprint density at radius 1 is 1.00 bits per heavy atom. The largest absolute Gasteiger partial charge is 0.508 e. The number of aromatic nitrogens is 1. The van der Waals surface area contributed by atoms with Crippen LogP contribution in [-0.4, -0.2) is 23.4 Å². The molecule has 0 atom stereocenters. The molecule has 3 aromatic carbocycles. The highest BCUT2D eigenvalue weighted by Crippen LogP contribution is 2.41. The summed E-state index contributed by atoms with van der Waals surface area (Å²) in [5, 5.41) is 20.6. The molecular formula is C22H13F4N3O5S2. The van der Waals surface area contributed by atoms with Crippen molar-refractivity contribution >= 4 is 32.2 Å². The van der Waals surface area contributed by atoms with Crippen LogP contribution in [0.25, 0.3) is 21.7 Å². The van der Waals surface area contributed by atoms with Gasteiger partial charge in [0.15, 0.2) is 5.13 Å². The molecule has 0 amide bonds. The van der Waals surface area contributed by atoms with E-state index in [9.17, 15) is 41.2 Å². The number of hydrogen-bond acceptors (Lipinski definition) is 7. The molecule has 0 aliphatic carbocycles. The molecule has 4 rings (SSSR count). The van der Waals surface area contributed by atoms with E-state index in [2.05, 4.69) is 9.71 Å². The predicted molar refractivity (Wildman–Crippen MR) is 124 cm³/mol. The first-order chi connectivity index (χ1) is 16.8. The molecule has 1 heterocycles. The molecule has 14 heteroatoms. The number of nitro groups is 1. The lowest BCUT2D eigenvalue weighted by atomic mass is 10.0. The number of nitro benzene ring substituents is 1. The third-order valence-corrected chi connectivity index (χ3v) is 7.30. The Morgan fingerprint density at radius 2 is 1.69 bits per heavy atom. The minimum absolute atomic E-state index is 0.0236. The highest BCUT2D eigenvalue weighted by Gasteiger charge is 2.30. The topological polar surface area (TPSA) is 122 Å². The fourth-order valence-electron chi connectivity index (χ4n) is 3.22. The summed E-state index contributed by atoms with van der Waals surface area (Å²) in [5.41, 5.74) is -1.09. The molecule has 4 aromatic rings. The first kappa shape index (κ1) is 25.1. The van der Waals surface area contributed by atoms with Crippen LogP contribution in [0, 0.1) is 15.9 Å². The van der Waals surface area contributed by atoms with Crippen molar-refractivity contribution in [3.8, 4) is 27.4 Å². The molecule has 0 aliphatic rings. The Bertz CT molecular complexity index is 1550. The van der Waals surface area contributed by atoms with Gasteiger partial charge in [0.25, 0.3) is 15.7 Å². The van der Waals surface area contributed by atoms with Crippen molar-refractivity contribution in [2.45, 2.75) is 11.1 Å². The van der Waals surface area contributed by atoms with Crippen LogP contribution < -0.4 is 4.72 Å². The number of alkyl halides is 3. The number of thiazole rings is 1. The van der Waals surface area contributed by atoms with Crippen molar-refractivity contribution in [1.82, 2.24) is 4.98 Å². The van der Waals surface area contributed by atoms with Gasteiger partial charge in [0, 0.05) is 29.3 Å². The lowest BCUT2D eigenvalue weighted by Crippen LogP contribution is -2.13. The Morgan fingerprint density at radius 3 is 2.31 bits per heavy atom. The number of sulfonamides is 1. The average molecular weight is 539 g/mol. The van der Waals surface area contributed by atoms with Crippen LogP contribution >= 0.6 is 11.3 Å². The van der Waals surface area contributed by atoms with Gasteiger partial charge in [-0.25, -0.2) is 17.8 Å². The second-order valence-electron chi connectivity index (χ2n) is 7.33. The number of nitrogens with one attached hydrogen (secondary N) is 1. The highest BCUT2D eigenvalue weighted by atomic mass is 32.2. The van der Waals surface area contributed by atoms with Crippen molar-refractivity contribution in [2.75, 3.05) is 4.72 Å². The summed E-state index contributed by atoms with van der Waals surface area (Å²) >= 11 is 0.731. The van der Waals surface area contributed by atoms with Crippen LogP contribution in [0.3, 0.4) is 0 Å². The van der Waals surface area contributed by atoms with Crippen molar-refractivity contribution in [2.24, 2.45) is 0 Å². The molecule has 186 valence electrons. The van der Waals surface area contributed by atoms with E-state index in [1.807, 2.05) is 0 Å². The van der Waals surface area contributed by atoms with Crippen molar-refractivity contribution in [3.05, 3.63) is 88.2 Å². The first-order valence-corrected chi connectivity index (χ1v) is 12.1. The maximum atomic E-state index is 14.0. The van der Waals surface area contributed by atoms with Gasteiger partial charge in [0.05, 0.1) is 26.0 Å². The molecule has 36 heavy (non-hydrogen) atoms. The first-order valence-electron chi connectivity index (χ1n) is 9.79. The van der Waals surface area contributed by atoms with Gasteiger partial charge in [0.1, 0.15) is 11.6 Å². The molecule has 0 bridgehead atoms. The molecule has 0 aliphatic heterocycles. The summed E-state index contributed by atoms with van der Waals surface area (Å²) in [6.07, 6.45) is -4.59. The second-order valence-corrected chi connectivity index (χ2v) is 10.0. The molecule has 8 nitrogen and oxygen atoms in total. The average Bonchev–Trinajstić information content (AvgIpc) is 3.21. The minimum Gasteiger partial charge on any atom is -0.508 e. The van der Waals surface area contributed by atoms with Crippen LogP contribution in [0.4, 0.5) is 28.4 Å². The Kier molecular flexibility index (Phi) is 6.41. The SMILES string of the molecule is O=[N+]([O-])c1cccc(S(=O)(=O)Nc2nc(-c3ccc(C(F)(F)F)cc3)c(-c3cc(O)cc(F)c3)s2)c1. The zero-order chi connectivity index (χ0) is 26.3. The molecule has 0 saturated carbocycles. The monoisotopic (exact) mass is 539 g/mol. The van der Waals surface area contributed by atoms with Gasteiger partial charge < -0.3 is 5.11 Å². The van der Waals surface area contributed by atoms with E-state index < -0.39 is 48.8 Å². The number of rotatable bonds is 6. The van der Waals surface area contributed by atoms with Crippen LogP contribution in [0.15, 0.2) is 71.6 Å². The summed E-state index contributed by atoms with van der Waals surface area (Å²) < 4.78 is 80.8. The normalized spacial score (nSPS) is 11.9. The predicted octanol–water partition coefficient (Wildman–Crippen LogP) is 6.05. The molecule has 2 N–H and O–H groups in total. The van der Waals surface area contributed by atoms with Crippen molar-refractivity contribution < 1.29 is 36.0 Å². The molecule has 0 unspecified atom stereocenters. The van der Waals surface area contributed by atoms with Gasteiger partial charge in [-0.1, -0.05) is 29.5 Å². The maximum Gasteiger partial charge on any atom is 0.416 e. The highest BCUT2D eigenvalue weighted by molar-refractivity contribution is 7.93. The third kappa shape index (κ3) is 5.28. The maximum absolute atomic E-state index is 14.0. The lowest BCUT2D eigenvalue weighted by molar-refractivity contribution is -0.385. The van der Waals surface area contributed by atoms with Crippen LogP contribution in [-0.2, 0) is 16.2 Å². The number of benzene rings is 3. The molecule has 0 spiro atoms. The summed E-state index contributed by atoms with van der Waals surface area (Å²) in [4.78, 5) is 14.2. The molecule has 0 radical (unpaired) electrons. The Hall–Kier alpha value is -4.04. The number of halogens is 4. The zero-order valence-electron chi connectivity index (χ0n) is 17.7. The van der Waals surface area contributed by atoms with Gasteiger partial charge in [-0.05, 0) is 30.3 Å². The van der Waals surface area contributed by atoms with Crippen molar-refractivity contribution in [3.63, 3.8) is 0 Å². The van der Waals surface area contributed by atoms with Crippen LogP contribution in [0.1, 0.15) is 5.56 Å². The van der Waals surface area contributed by atoms with Gasteiger partial charge >= 0.3 is 6.18 Å². The molecular weight excluding hydrogens is 526 g/mol. The van der Waals surface area contributed by atoms with Gasteiger partial charge in [-0.3, -0.25) is 14.8 Å². The van der Waals surface area contributed by atoms with E-state index in [1.54, 1.807) is 0 Å². The number of hydrogen-bond donors (Lipinski definition) is 2. The van der Waals surface area contributed by atoms with Gasteiger partial charge in [0.2, 0.25) is 0 Å². The molecule has 0 fully saturated rings. The summed E-state index contributed by atoms with van der Waals surface area (Å²) in [7, 11) is -4.36. The summed E-state index contributed by atoms with van der Waals surface area (Å²) in [6, 6.07) is 11.2. The quantitative estimate of drug-likeness (QED) is 0.175. The number of phenols is 1. The number of nitrogens with zero attached hydrogens (tertiary/aromatic N) is 2. The van der Waals surface area contributed by atoms with E-state index in [0.29, 0.717) is 0 Å². The standard InChI is InChI=1S/C22H13F4N3O5S2/c23-15-8-13(9-17(30)10-15)20-19(12-4-6-14(7-5-12)22(24,25)26)27-21(35-20)28-36(33,34)18-3-1-2-16(11-18)29(31)32/h1-11,30H,(H,27,28). The third-order valence-electron chi connectivity index (χ3n) is 4.82. The number of phenolic OH excluding ortho intramolecular Hbond substituents is 1. The van der Waals surface area contributed by atoms with E-state index in [4.69, 9.17) is 0 Å². The summed E-state index contributed by atoms with van der Waals surface area (Å²) in [6.45, 7) is 0. The number of anilines is 1. The van der Waals surface area contributed by atoms with Crippen molar-refractivity contribution in [1.29, 1.82) is 0 Å². The fraction of sp³-hybridized carbons (Fsp3) is 0.0455. The van der Waals surface area contributed by atoms with E-state index in [0.717, 1.165) is 65.9 Å². The van der Waals surface area contributed by atoms with Crippen LogP contribution in [0.2, 0.25) is 0 Å². The number of aromatic hydroxyl groups is 1. The fourth-order valence-corrected chi connectivity index (χ4v) is 5.46. The smallest absolute Gasteiger partial charge is 0.416 e. The Balaban J connectivity index is 1.80. The minimum atomic E-state index is -4.59.